The largest absolute Gasteiger partial charge is 0.491 e. The van der Waals surface area contributed by atoms with Crippen molar-refractivity contribution in [2.45, 2.75) is 54.5 Å². The highest BCUT2D eigenvalue weighted by Gasteiger charge is 2.25. The molecule has 0 aromatic heterocycles. The Morgan fingerprint density at radius 3 is 1.41 bits per heavy atom. The lowest BCUT2D eigenvalue weighted by molar-refractivity contribution is -0.118. The number of hydrogen-bond donors (Lipinski definition) is 15. The van der Waals surface area contributed by atoms with Crippen LogP contribution >= 0.6 is 23.5 Å². The van der Waals surface area contributed by atoms with Crippen LogP contribution in [0.25, 0.3) is 0 Å². The first kappa shape index (κ1) is 52.7. The number of benzene rings is 3. The summed E-state index contributed by atoms with van der Waals surface area (Å²) in [6.45, 7) is 3.37. The molecule has 0 spiro atoms. The van der Waals surface area contributed by atoms with Gasteiger partial charge in [0.1, 0.15) is 24.7 Å². The van der Waals surface area contributed by atoms with Gasteiger partial charge in [-0.25, -0.2) is 0 Å². The number of anilines is 4. The number of guanidine groups is 1. The molecule has 4 amide bonds. The number of amides is 4. The number of ether oxygens (including phenoxy) is 2. The summed E-state index contributed by atoms with van der Waals surface area (Å²) >= 11 is 2.62. The highest BCUT2D eigenvalue weighted by Crippen LogP contribution is 2.38. The Morgan fingerprint density at radius 2 is 1.03 bits per heavy atom. The molecule has 0 aliphatic heterocycles. The van der Waals surface area contributed by atoms with Gasteiger partial charge in [0.2, 0.25) is 11.8 Å². The summed E-state index contributed by atoms with van der Waals surface area (Å²) in [5.41, 5.74) is 42.4. The van der Waals surface area contributed by atoms with Crippen LogP contribution in [0.3, 0.4) is 0 Å². The number of nitrogens with two attached hydrogens (primary N) is 7. The molecule has 64 heavy (non-hydrogen) atoms. The lowest BCUT2D eigenvalue weighted by Crippen LogP contribution is -2.37. The van der Waals surface area contributed by atoms with E-state index in [4.69, 9.17) is 60.4 Å². The zero-order chi connectivity index (χ0) is 47.0. The fourth-order valence-corrected chi connectivity index (χ4v) is 7.57. The van der Waals surface area contributed by atoms with Crippen LogP contribution in [-0.4, -0.2) is 111 Å². The standard InChI is InChI=1S/C41H63N15O6S2/c1-24(46)51-16-4-6-27(47)39(59)55-31-10-2-8-29(35(31)63-20-14-44)53-37(57)25-22-26(34(62-19-13-43)23-33(25)61-18-12-42)38(58)54-30-9-3-11-32(36(30)64-21-15-45)56-40(60)28(48)7-5-17-52-41(49)50/h2-3,8-11,22-23,27-28H,4-7,12-21,42-45,47-48H2,1H3,(H2,46,51)(H,53,57)(H,54,58)(H,55,59)(H,56,60)(H4,49,50,52)/t27-,28-/m1/s1. The summed E-state index contributed by atoms with van der Waals surface area (Å²) in [5.74, 6) is -1.04. The van der Waals surface area contributed by atoms with Crippen LogP contribution in [-0.2, 0) is 9.59 Å². The summed E-state index contributed by atoms with van der Waals surface area (Å²) in [4.78, 5) is 56.1. The lowest BCUT2D eigenvalue weighted by atomic mass is 10.1. The van der Waals surface area contributed by atoms with Crippen LogP contribution in [0, 0.1) is 10.8 Å². The third-order valence-electron chi connectivity index (χ3n) is 8.86. The Morgan fingerprint density at radius 1 is 0.625 bits per heavy atom. The van der Waals surface area contributed by atoms with E-state index in [1.807, 2.05) is 0 Å². The van der Waals surface area contributed by atoms with Gasteiger partial charge in [-0.1, -0.05) is 12.1 Å². The second kappa shape index (κ2) is 28.2. The third kappa shape index (κ3) is 17.1. The van der Waals surface area contributed by atoms with Gasteiger partial charge in [0, 0.05) is 56.8 Å². The second-order valence-corrected chi connectivity index (χ2v) is 16.2. The number of amidine groups is 1. The first-order valence-corrected chi connectivity index (χ1v) is 22.6. The van der Waals surface area contributed by atoms with Gasteiger partial charge >= 0.3 is 0 Å². The lowest BCUT2D eigenvalue weighted by Gasteiger charge is -2.20. The number of rotatable bonds is 28. The van der Waals surface area contributed by atoms with Crippen LogP contribution in [0.4, 0.5) is 22.7 Å². The minimum absolute atomic E-state index is 0.0244. The maximum Gasteiger partial charge on any atom is 0.259 e. The average molecular weight is 926 g/mol. The first-order chi connectivity index (χ1) is 30.7. The van der Waals surface area contributed by atoms with Crippen LogP contribution in [0.15, 0.2) is 58.3 Å². The number of carbonyl (C=O) groups excluding carboxylic acids is 4. The Balaban J connectivity index is 2.01. The van der Waals surface area contributed by atoms with Crippen molar-refractivity contribution in [3.05, 3.63) is 59.7 Å². The fourth-order valence-electron chi connectivity index (χ4n) is 5.83. The monoisotopic (exact) mass is 925 g/mol. The summed E-state index contributed by atoms with van der Waals surface area (Å²) < 4.78 is 11.8. The zero-order valence-corrected chi connectivity index (χ0v) is 37.6. The summed E-state index contributed by atoms with van der Waals surface area (Å²) in [5, 5.41) is 32.0. The van der Waals surface area contributed by atoms with Crippen molar-refractivity contribution in [2.24, 2.45) is 40.1 Å². The van der Waals surface area contributed by atoms with E-state index in [9.17, 15) is 19.2 Å². The van der Waals surface area contributed by atoms with E-state index in [2.05, 4.69) is 31.9 Å². The molecule has 350 valence electrons. The molecule has 0 aliphatic rings. The predicted molar refractivity (Wildman–Crippen MR) is 257 cm³/mol. The van der Waals surface area contributed by atoms with Gasteiger partial charge in [-0.3, -0.25) is 30.0 Å². The summed E-state index contributed by atoms with van der Waals surface area (Å²) in [7, 11) is 0. The van der Waals surface area contributed by atoms with Gasteiger partial charge in [0.05, 0.1) is 61.6 Å². The molecule has 21 nitrogen and oxygen atoms in total. The molecule has 0 bridgehead atoms. The fraction of sp³-hybridized carbons (Fsp3) is 0.415. The molecule has 0 saturated heterocycles. The summed E-state index contributed by atoms with van der Waals surface area (Å²) in [6.07, 6.45) is 1.74. The molecular weight excluding hydrogens is 863 g/mol. The highest BCUT2D eigenvalue weighted by molar-refractivity contribution is 7.99. The Labute approximate surface area is 381 Å². The molecule has 22 N–H and O–H groups in total. The molecule has 0 unspecified atom stereocenters. The van der Waals surface area contributed by atoms with E-state index in [1.165, 1.54) is 35.7 Å². The molecule has 0 radical (unpaired) electrons. The van der Waals surface area contributed by atoms with Gasteiger partial charge in [-0.15, -0.1) is 23.5 Å². The van der Waals surface area contributed by atoms with Crippen LogP contribution in [0.5, 0.6) is 11.5 Å². The molecule has 0 fully saturated rings. The minimum Gasteiger partial charge on any atom is -0.491 e. The molecule has 3 aromatic rings. The van der Waals surface area contributed by atoms with Gasteiger partial charge < -0.3 is 81.5 Å². The molecule has 23 heteroatoms. The predicted octanol–water partition coefficient (Wildman–Crippen LogP) is 1.13. The van der Waals surface area contributed by atoms with Crippen molar-refractivity contribution < 1.29 is 28.7 Å². The Kier molecular flexibility index (Phi) is 23.2. The average Bonchev–Trinajstić information content (AvgIpc) is 3.26. The number of carbonyl (C=O) groups is 4. The smallest absolute Gasteiger partial charge is 0.259 e. The zero-order valence-electron chi connectivity index (χ0n) is 36.0. The number of nitrogens with one attached hydrogen (secondary N) is 8. The van der Waals surface area contributed by atoms with E-state index >= 15 is 0 Å². The molecule has 3 rings (SSSR count). The molecular formula is C41H63N15O6S2. The van der Waals surface area contributed by atoms with Crippen LogP contribution < -0.4 is 81.5 Å². The highest BCUT2D eigenvalue weighted by atomic mass is 32.2. The maximum atomic E-state index is 14.3. The van der Waals surface area contributed by atoms with Crippen LogP contribution in [0.1, 0.15) is 53.3 Å². The van der Waals surface area contributed by atoms with Crippen molar-refractivity contribution in [1.82, 2.24) is 10.6 Å². The molecule has 3 aromatic carbocycles. The van der Waals surface area contributed by atoms with Crippen molar-refractivity contribution in [2.75, 3.05) is 85.3 Å². The number of hydrogen-bond acceptors (Lipinski definition) is 16. The SMILES string of the molecule is CC(=N)NCCC[C@@H](N)C(=O)Nc1cccc(NC(=O)c2cc(C(=O)Nc3cccc(NC(=O)[C@H](N)CCCNC(=N)N)c3SCCN)c(OCCN)cc2OCCN)c1SCCN. The van der Waals surface area contributed by atoms with Crippen LogP contribution in [0.2, 0.25) is 0 Å². The van der Waals surface area contributed by atoms with Crippen molar-refractivity contribution in [1.29, 1.82) is 10.8 Å². The maximum absolute atomic E-state index is 14.3. The normalized spacial score (nSPS) is 11.7. The molecule has 0 heterocycles. The van der Waals surface area contributed by atoms with Crippen molar-refractivity contribution >= 4 is 81.7 Å². The summed E-state index contributed by atoms with van der Waals surface area (Å²) in [6, 6.07) is 11.0. The van der Waals surface area contributed by atoms with E-state index in [0.717, 1.165) is 0 Å². The van der Waals surface area contributed by atoms with Crippen molar-refractivity contribution in [3.63, 3.8) is 0 Å². The van der Waals surface area contributed by atoms with Gasteiger partial charge in [0.25, 0.3) is 11.8 Å². The van der Waals surface area contributed by atoms with E-state index in [-0.39, 0.29) is 54.9 Å². The van der Waals surface area contributed by atoms with E-state index < -0.39 is 35.7 Å². The van der Waals surface area contributed by atoms with Gasteiger partial charge in [-0.05, 0) is 62.9 Å². The van der Waals surface area contributed by atoms with E-state index in [1.54, 1.807) is 43.3 Å². The minimum atomic E-state index is -0.873. The molecule has 0 saturated carbocycles. The van der Waals surface area contributed by atoms with Gasteiger partial charge in [0.15, 0.2) is 5.96 Å². The molecule has 2 atom stereocenters. The number of thioether (sulfide) groups is 2. The third-order valence-corrected chi connectivity index (χ3v) is 11.2. The second-order valence-electron chi connectivity index (χ2n) is 14.0. The van der Waals surface area contributed by atoms with Crippen molar-refractivity contribution in [3.8, 4) is 11.5 Å². The topological polar surface area (TPSA) is 389 Å². The Hall–Kier alpha value is -5.66. The molecule has 0 aliphatic carbocycles. The van der Waals surface area contributed by atoms with Gasteiger partial charge in [-0.2, -0.15) is 0 Å². The van der Waals surface area contributed by atoms with E-state index in [0.29, 0.717) is 102 Å². The first-order valence-electron chi connectivity index (χ1n) is 20.6. The Bertz CT molecular complexity index is 1920. The quantitative estimate of drug-likeness (QED) is 0.0210.